The number of carboxylic acid groups (broad SMARTS) is 1. The molecule has 0 saturated carbocycles. The van der Waals surface area contributed by atoms with Crippen LogP contribution in [-0.4, -0.2) is 16.2 Å². The zero-order chi connectivity index (χ0) is 13.4. The Labute approximate surface area is 100 Å². The first-order valence-corrected chi connectivity index (χ1v) is 5.62. The Morgan fingerprint density at radius 3 is 2.29 bits per heavy atom. The van der Waals surface area contributed by atoms with Crippen molar-refractivity contribution in [2.75, 3.05) is 0 Å². The van der Waals surface area contributed by atoms with Crippen molar-refractivity contribution in [2.45, 2.75) is 27.7 Å². The largest absolute Gasteiger partial charge is 0.504 e. The van der Waals surface area contributed by atoms with E-state index in [0.29, 0.717) is 11.0 Å². The van der Waals surface area contributed by atoms with E-state index in [9.17, 15) is 9.90 Å². The van der Waals surface area contributed by atoms with Crippen molar-refractivity contribution in [1.29, 1.82) is 0 Å². The summed E-state index contributed by atoms with van der Waals surface area (Å²) in [4.78, 5) is 10.6. The molecule has 0 aliphatic rings. The first kappa shape index (κ1) is 15.0. The molecule has 0 amide bonds. The van der Waals surface area contributed by atoms with E-state index in [1.165, 1.54) is 24.5 Å². The summed E-state index contributed by atoms with van der Waals surface area (Å²) in [5.74, 6) is -1.07. The molecule has 0 aliphatic carbocycles. The van der Waals surface area contributed by atoms with Gasteiger partial charge in [0.1, 0.15) is 11.8 Å². The summed E-state index contributed by atoms with van der Waals surface area (Å²) in [6.45, 7) is 8.00. The minimum absolute atomic E-state index is 0.0434. The number of rotatable bonds is 1. The highest BCUT2D eigenvalue weighted by atomic mass is 16.4. The maximum absolute atomic E-state index is 10.6. The molecule has 2 N–H and O–H groups in total. The highest BCUT2D eigenvalue weighted by Crippen LogP contribution is 2.27. The summed E-state index contributed by atoms with van der Waals surface area (Å²) in [5, 5.41) is 18.3. The van der Waals surface area contributed by atoms with Gasteiger partial charge in [0.2, 0.25) is 0 Å². The standard InChI is InChI=1S/C9H6O4.2C2H6/c10-7-4-13-8-2-1-5(9(11)12)3-6(7)8;2*1-2/h1-4,10H,(H,11,12);2*1-2H3. The predicted molar refractivity (Wildman–Crippen MR) is 67.5 cm³/mol. The van der Waals surface area contributed by atoms with Crippen molar-refractivity contribution in [1.82, 2.24) is 0 Å². The SMILES string of the molecule is CC.CC.O=C(O)c1ccc2occ(O)c2c1. The molecule has 4 heteroatoms. The number of furan rings is 1. The number of hydrogen-bond acceptors (Lipinski definition) is 3. The van der Waals surface area contributed by atoms with Crippen LogP contribution >= 0.6 is 0 Å². The molecule has 4 nitrogen and oxygen atoms in total. The quantitative estimate of drug-likeness (QED) is 0.790. The van der Waals surface area contributed by atoms with Crippen LogP contribution in [-0.2, 0) is 0 Å². The summed E-state index contributed by atoms with van der Waals surface area (Å²) in [5.41, 5.74) is 0.603. The van der Waals surface area contributed by atoms with Crippen LogP contribution in [0.4, 0.5) is 0 Å². The Kier molecular flexibility index (Phi) is 6.48. The van der Waals surface area contributed by atoms with Crippen molar-refractivity contribution < 1.29 is 19.4 Å². The number of aromatic hydroxyl groups is 1. The van der Waals surface area contributed by atoms with Crippen molar-refractivity contribution in [3.8, 4) is 5.75 Å². The summed E-state index contributed by atoms with van der Waals surface area (Å²) in [6, 6.07) is 4.31. The van der Waals surface area contributed by atoms with E-state index in [-0.39, 0.29) is 11.3 Å². The van der Waals surface area contributed by atoms with Crippen LogP contribution in [0.3, 0.4) is 0 Å². The number of aromatic carboxylic acids is 1. The molecule has 17 heavy (non-hydrogen) atoms. The molecular formula is C13H18O4. The second-order valence-corrected chi connectivity index (χ2v) is 2.64. The van der Waals surface area contributed by atoms with Gasteiger partial charge < -0.3 is 14.6 Å². The van der Waals surface area contributed by atoms with Gasteiger partial charge in [-0.1, -0.05) is 27.7 Å². The highest BCUT2D eigenvalue weighted by Gasteiger charge is 2.08. The molecule has 0 aliphatic heterocycles. The minimum Gasteiger partial charge on any atom is -0.504 e. The molecular weight excluding hydrogens is 220 g/mol. The fraction of sp³-hybridized carbons (Fsp3) is 0.308. The molecule has 0 spiro atoms. The molecule has 0 radical (unpaired) electrons. The monoisotopic (exact) mass is 238 g/mol. The van der Waals surface area contributed by atoms with Crippen LogP contribution in [0.25, 0.3) is 11.0 Å². The van der Waals surface area contributed by atoms with Crippen molar-refractivity contribution >= 4 is 16.9 Å². The van der Waals surface area contributed by atoms with Gasteiger partial charge in [-0.05, 0) is 18.2 Å². The third-order valence-electron chi connectivity index (χ3n) is 1.80. The maximum atomic E-state index is 10.6. The Morgan fingerprint density at radius 1 is 1.18 bits per heavy atom. The number of hydrogen-bond donors (Lipinski definition) is 2. The predicted octanol–water partition coefficient (Wildman–Crippen LogP) is 3.89. The van der Waals surface area contributed by atoms with Gasteiger partial charge in [-0.2, -0.15) is 0 Å². The molecule has 0 bridgehead atoms. The van der Waals surface area contributed by atoms with E-state index in [0.717, 1.165) is 0 Å². The van der Waals surface area contributed by atoms with Gasteiger partial charge in [0.05, 0.1) is 10.9 Å². The van der Waals surface area contributed by atoms with E-state index in [1.807, 2.05) is 27.7 Å². The second kappa shape index (κ2) is 7.33. The third kappa shape index (κ3) is 3.52. The number of carbonyl (C=O) groups is 1. The fourth-order valence-electron chi connectivity index (χ4n) is 1.15. The van der Waals surface area contributed by atoms with Gasteiger partial charge in [0.15, 0.2) is 5.75 Å². The molecule has 94 valence electrons. The van der Waals surface area contributed by atoms with Gasteiger partial charge in [-0.25, -0.2) is 4.79 Å². The highest BCUT2D eigenvalue weighted by molar-refractivity contribution is 5.94. The Hall–Kier alpha value is -1.97. The molecule has 0 unspecified atom stereocenters. The Balaban J connectivity index is 0.000000581. The average Bonchev–Trinajstić information content (AvgIpc) is 2.75. The third-order valence-corrected chi connectivity index (χ3v) is 1.80. The number of fused-ring (bicyclic) bond motifs is 1. The maximum Gasteiger partial charge on any atom is 0.335 e. The smallest absolute Gasteiger partial charge is 0.335 e. The van der Waals surface area contributed by atoms with E-state index in [2.05, 4.69) is 0 Å². The van der Waals surface area contributed by atoms with Gasteiger partial charge in [0.25, 0.3) is 0 Å². The summed E-state index contributed by atoms with van der Waals surface area (Å²) >= 11 is 0. The fourth-order valence-corrected chi connectivity index (χ4v) is 1.15. The van der Waals surface area contributed by atoms with Crippen molar-refractivity contribution in [3.05, 3.63) is 30.0 Å². The number of benzene rings is 1. The molecule has 1 heterocycles. The van der Waals surface area contributed by atoms with Crippen LogP contribution in [0.2, 0.25) is 0 Å². The van der Waals surface area contributed by atoms with Crippen molar-refractivity contribution in [3.63, 3.8) is 0 Å². The Bertz CT molecular complexity index is 471. The summed E-state index contributed by atoms with van der Waals surface area (Å²) in [6.07, 6.45) is 1.18. The zero-order valence-electron chi connectivity index (χ0n) is 10.5. The topological polar surface area (TPSA) is 70.7 Å². The van der Waals surface area contributed by atoms with Crippen LogP contribution in [0.15, 0.2) is 28.9 Å². The first-order valence-electron chi connectivity index (χ1n) is 5.62. The van der Waals surface area contributed by atoms with Gasteiger partial charge >= 0.3 is 5.97 Å². The molecule has 0 saturated heterocycles. The molecule has 0 atom stereocenters. The van der Waals surface area contributed by atoms with E-state index < -0.39 is 5.97 Å². The molecule has 2 aromatic rings. The summed E-state index contributed by atoms with van der Waals surface area (Å²) < 4.78 is 4.94. The molecule has 0 fully saturated rings. The van der Waals surface area contributed by atoms with E-state index in [1.54, 1.807) is 0 Å². The van der Waals surface area contributed by atoms with Crippen LogP contribution < -0.4 is 0 Å². The normalized spacial score (nSPS) is 8.71. The Morgan fingerprint density at radius 2 is 1.76 bits per heavy atom. The van der Waals surface area contributed by atoms with Crippen LogP contribution in [0.5, 0.6) is 5.75 Å². The molecule has 1 aromatic carbocycles. The lowest BCUT2D eigenvalue weighted by molar-refractivity contribution is 0.0697. The lowest BCUT2D eigenvalue weighted by atomic mass is 10.1. The number of carboxylic acids is 1. The van der Waals surface area contributed by atoms with Gasteiger partial charge in [-0.15, -0.1) is 0 Å². The van der Waals surface area contributed by atoms with Crippen molar-refractivity contribution in [2.24, 2.45) is 0 Å². The minimum atomic E-state index is -1.03. The summed E-state index contributed by atoms with van der Waals surface area (Å²) in [7, 11) is 0. The van der Waals surface area contributed by atoms with Crippen LogP contribution in [0, 0.1) is 0 Å². The first-order chi connectivity index (χ1) is 8.18. The molecule has 2 rings (SSSR count). The second-order valence-electron chi connectivity index (χ2n) is 2.64. The molecule has 1 aromatic heterocycles. The van der Waals surface area contributed by atoms with Gasteiger partial charge in [0, 0.05) is 0 Å². The lowest BCUT2D eigenvalue weighted by Crippen LogP contribution is -1.94. The average molecular weight is 238 g/mol. The zero-order valence-corrected chi connectivity index (χ0v) is 10.5. The van der Waals surface area contributed by atoms with E-state index in [4.69, 9.17) is 9.52 Å². The van der Waals surface area contributed by atoms with E-state index >= 15 is 0 Å². The van der Waals surface area contributed by atoms with Gasteiger partial charge in [-0.3, -0.25) is 0 Å². The van der Waals surface area contributed by atoms with Crippen LogP contribution in [0.1, 0.15) is 38.1 Å². The lowest BCUT2D eigenvalue weighted by Gasteiger charge is -1.93.